The summed E-state index contributed by atoms with van der Waals surface area (Å²) in [5, 5.41) is 2.62. The highest BCUT2D eigenvalue weighted by atomic mass is 19.1. The summed E-state index contributed by atoms with van der Waals surface area (Å²) in [4.78, 5) is 11.6. The fourth-order valence-corrected chi connectivity index (χ4v) is 1.36. The smallest absolute Gasteiger partial charge is 0.251 e. The molecular formula is C11H11F2NO. The standard InChI is InChI=1S/C11H11F2NO/c12-7-11(5-6-11)14-10(15)8-1-3-9(13)4-2-8/h1-4H,5-7H2,(H,14,15). The monoisotopic (exact) mass is 211 g/mol. The van der Waals surface area contributed by atoms with Gasteiger partial charge in [0.25, 0.3) is 5.91 Å². The van der Waals surface area contributed by atoms with Crippen LogP contribution in [-0.4, -0.2) is 18.1 Å². The number of hydrogen-bond donors (Lipinski definition) is 1. The summed E-state index contributed by atoms with van der Waals surface area (Å²) in [7, 11) is 0. The molecule has 0 atom stereocenters. The van der Waals surface area contributed by atoms with E-state index in [-0.39, 0.29) is 5.91 Å². The number of amides is 1. The molecule has 0 heterocycles. The van der Waals surface area contributed by atoms with Gasteiger partial charge in [-0.05, 0) is 37.1 Å². The van der Waals surface area contributed by atoms with Crippen molar-refractivity contribution in [3.8, 4) is 0 Å². The van der Waals surface area contributed by atoms with Crippen molar-refractivity contribution in [1.82, 2.24) is 5.32 Å². The van der Waals surface area contributed by atoms with Gasteiger partial charge in [0.05, 0.1) is 5.54 Å². The number of benzene rings is 1. The third-order valence-electron chi connectivity index (χ3n) is 2.59. The van der Waals surface area contributed by atoms with Crippen LogP contribution in [0, 0.1) is 5.82 Å². The maximum atomic E-state index is 12.6. The first-order valence-electron chi connectivity index (χ1n) is 4.79. The number of nitrogens with one attached hydrogen (secondary N) is 1. The van der Waals surface area contributed by atoms with E-state index in [4.69, 9.17) is 0 Å². The van der Waals surface area contributed by atoms with Crippen molar-refractivity contribution in [2.45, 2.75) is 18.4 Å². The number of rotatable bonds is 3. The molecule has 0 bridgehead atoms. The van der Waals surface area contributed by atoms with Gasteiger partial charge in [0.15, 0.2) is 0 Å². The first-order chi connectivity index (χ1) is 7.15. The Bertz CT molecular complexity index is 371. The van der Waals surface area contributed by atoms with Crippen molar-refractivity contribution in [3.63, 3.8) is 0 Å². The minimum Gasteiger partial charge on any atom is -0.344 e. The van der Waals surface area contributed by atoms with Crippen molar-refractivity contribution >= 4 is 5.91 Å². The second-order valence-electron chi connectivity index (χ2n) is 3.87. The summed E-state index contributed by atoms with van der Waals surface area (Å²) in [5.74, 6) is -0.733. The first-order valence-corrected chi connectivity index (χ1v) is 4.79. The molecule has 1 aromatic rings. The lowest BCUT2D eigenvalue weighted by molar-refractivity contribution is 0.0923. The van der Waals surface area contributed by atoms with Gasteiger partial charge in [-0.2, -0.15) is 0 Å². The number of halogens is 2. The number of carbonyl (C=O) groups excluding carboxylic acids is 1. The summed E-state index contributed by atoms with van der Waals surface area (Å²) in [6.45, 7) is -0.542. The van der Waals surface area contributed by atoms with Crippen molar-refractivity contribution in [3.05, 3.63) is 35.6 Å². The molecular weight excluding hydrogens is 200 g/mol. The van der Waals surface area contributed by atoms with Gasteiger partial charge in [0.2, 0.25) is 0 Å². The highest BCUT2D eigenvalue weighted by Gasteiger charge is 2.44. The molecule has 1 fully saturated rings. The van der Waals surface area contributed by atoms with Gasteiger partial charge in [0, 0.05) is 5.56 Å². The third kappa shape index (κ3) is 2.14. The van der Waals surface area contributed by atoms with Crippen LogP contribution in [0.5, 0.6) is 0 Å². The fraction of sp³-hybridized carbons (Fsp3) is 0.364. The number of hydrogen-bond acceptors (Lipinski definition) is 1. The van der Waals surface area contributed by atoms with Crippen molar-refractivity contribution in [1.29, 1.82) is 0 Å². The molecule has 0 radical (unpaired) electrons. The minimum absolute atomic E-state index is 0.342. The van der Waals surface area contributed by atoms with Gasteiger partial charge in [-0.1, -0.05) is 0 Å². The van der Waals surface area contributed by atoms with Crippen molar-refractivity contribution in [2.24, 2.45) is 0 Å². The van der Waals surface area contributed by atoms with Gasteiger partial charge in [0.1, 0.15) is 12.5 Å². The maximum Gasteiger partial charge on any atom is 0.251 e. The van der Waals surface area contributed by atoms with Gasteiger partial charge < -0.3 is 5.32 Å². The van der Waals surface area contributed by atoms with E-state index in [1.807, 2.05) is 0 Å². The topological polar surface area (TPSA) is 29.1 Å². The SMILES string of the molecule is O=C(NC1(CF)CC1)c1ccc(F)cc1. The van der Waals surface area contributed by atoms with Gasteiger partial charge >= 0.3 is 0 Å². The number of carbonyl (C=O) groups is 1. The average Bonchev–Trinajstić information content (AvgIpc) is 2.99. The highest BCUT2D eigenvalue weighted by molar-refractivity contribution is 5.94. The lowest BCUT2D eigenvalue weighted by Gasteiger charge is -2.12. The number of alkyl halides is 1. The predicted molar refractivity (Wildman–Crippen MR) is 51.8 cm³/mol. The molecule has 1 saturated carbocycles. The molecule has 2 rings (SSSR count). The van der Waals surface area contributed by atoms with Crippen LogP contribution in [0.4, 0.5) is 8.78 Å². The largest absolute Gasteiger partial charge is 0.344 e. The van der Waals surface area contributed by atoms with Crippen LogP contribution in [0.15, 0.2) is 24.3 Å². The molecule has 1 amide bonds. The normalized spacial score (nSPS) is 17.2. The second-order valence-corrected chi connectivity index (χ2v) is 3.87. The molecule has 1 aromatic carbocycles. The Morgan fingerprint density at radius 2 is 1.93 bits per heavy atom. The van der Waals surface area contributed by atoms with Gasteiger partial charge in [-0.15, -0.1) is 0 Å². The summed E-state index contributed by atoms with van der Waals surface area (Å²) < 4.78 is 25.1. The Balaban J connectivity index is 2.05. The highest BCUT2D eigenvalue weighted by Crippen LogP contribution is 2.35. The van der Waals surface area contributed by atoms with E-state index >= 15 is 0 Å². The quantitative estimate of drug-likeness (QED) is 0.814. The molecule has 1 aliphatic carbocycles. The lowest BCUT2D eigenvalue weighted by atomic mass is 10.2. The summed E-state index contributed by atoms with van der Waals surface area (Å²) in [5.41, 5.74) is -0.290. The van der Waals surface area contributed by atoms with E-state index < -0.39 is 18.0 Å². The minimum atomic E-state index is -0.647. The van der Waals surface area contributed by atoms with Crippen LogP contribution >= 0.6 is 0 Å². The Hall–Kier alpha value is -1.45. The summed E-state index contributed by atoms with van der Waals surface area (Å²) >= 11 is 0. The second kappa shape index (κ2) is 3.61. The molecule has 0 spiro atoms. The molecule has 80 valence electrons. The first kappa shape index (κ1) is 10.1. The van der Waals surface area contributed by atoms with Gasteiger partial charge in [-0.3, -0.25) is 4.79 Å². The molecule has 0 aliphatic heterocycles. The van der Waals surface area contributed by atoms with E-state index in [1.54, 1.807) is 0 Å². The molecule has 2 nitrogen and oxygen atoms in total. The summed E-state index contributed by atoms with van der Waals surface area (Å²) in [6, 6.07) is 5.20. The van der Waals surface area contributed by atoms with E-state index in [1.165, 1.54) is 24.3 Å². The lowest BCUT2D eigenvalue weighted by Crippen LogP contribution is -2.38. The molecule has 1 aliphatic rings. The van der Waals surface area contributed by atoms with E-state index in [0.29, 0.717) is 18.4 Å². The van der Waals surface area contributed by atoms with Gasteiger partial charge in [-0.25, -0.2) is 8.78 Å². The molecule has 15 heavy (non-hydrogen) atoms. The Labute approximate surface area is 86.3 Å². The van der Waals surface area contributed by atoms with E-state index in [2.05, 4.69) is 5.32 Å². The van der Waals surface area contributed by atoms with Crippen LogP contribution in [0.25, 0.3) is 0 Å². The molecule has 1 N–H and O–H groups in total. The average molecular weight is 211 g/mol. The summed E-state index contributed by atoms with van der Waals surface area (Å²) in [6.07, 6.45) is 1.35. The molecule has 0 saturated heterocycles. The molecule has 4 heteroatoms. The zero-order valence-electron chi connectivity index (χ0n) is 8.09. The zero-order valence-corrected chi connectivity index (χ0v) is 8.09. The van der Waals surface area contributed by atoms with Crippen LogP contribution in [0.1, 0.15) is 23.2 Å². The zero-order chi connectivity index (χ0) is 10.9. The molecule has 0 aromatic heterocycles. The van der Waals surface area contributed by atoms with Crippen LogP contribution in [0.2, 0.25) is 0 Å². The maximum absolute atomic E-state index is 12.6. The van der Waals surface area contributed by atoms with Crippen LogP contribution < -0.4 is 5.32 Å². The van der Waals surface area contributed by atoms with Crippen molar-refractivity contribution in [2.75, 3.05) is 6.67 Å². The third-order valence-corrected chi connectivity index (χ3v) is 2.59. The van der Waals surface area contributed by atoms with Crippen LogP contribution in [-0.2, 0) is 0 Å². The Kier molecular flexibility index (Phi) is 2.42. The Morgan fingerprint density at radius 3 is 2.40 bits per heavy atom. The molecule has 0 unspecified atom stereocenters. The van der Waals surface area contributed by atoms with E-state index in [0.717, 1.165) is 0 Å². The van der Waals surface area contributed by atoms with E-state index in [9.17, 15) is 13.6 Å². The van der Waals surface area contributed by atoms with Crippen LogP contribution in [0.3, 0.4) is 0 Å². The predicted octanol–water partition coefficient (Wildman–Crippen LogP) is 2.06. The van der Waals surface area contributed by atoms with Crippen molar-refractivity contribution < 1.29 is 13.6 Å². The fourth-order valence-electron chi connectivity index (χ4n) is 1.36. The Morgan fingerprint density at radius 1 is 1.33 bits per heavy atom.